The minimum Gasteiger partial charge on any atom is -0.379 e. The number of hydrogen-bond acceptors (Lipinski definition) is 5. The highest BCUT2D eigenvalue weighted by Gasteiger charge is 2.34. The van der Waals surface area contributed by atoms with Crippen LogP contribution in [0, 0.1) is 0 Å². The maximum atomic E-state index is 12.8. The zero-order valence-corrected chi connectivity index (χ0v) is 18.4. The molecule has 2 fully saturated rings. The summed E-state index contributed by atoms with van der Waals surface area (Å²) in [6.45, 7) is 6.13. The standard InChI is InChI=1S/C21H30N4O5S/c1-2-20(26)22-16-18-6-4-3-5-17(18)15-21(27)23-19-7-9-24(10-8-19)31(28,29)25-11-13-30-14-12-25/h2-6,19H,1,7-16H2,(H,22,26)(H,23,27). The monoisotopic (exact) mass is 450 g/mol. The number of nitrogens with zero attached hydrogens (tertiary/aromatic N) is 2. The lowest BCUT2D eigenvalue weighted by Gasteiger charge is -2.36. The van der Waals surface area contributed by atoms with Crippen molar-refractivity contribution in [3.63, 3.8) is 0 Å². The second-order valence-electron chi connectivity index (χ2n) is 7.63. The number of nitrogens with one attached hydrogen (secondary N) is 2. The fraction of sp³-hybridized carbons (Fsp3) is 0.524. The van der Waals surface area contributed by atoms with E-state index in [1.807, 2.05) is 24.3 Å². The van der Waals surface area contributed by atoms with Gasteiger partial charge in [-0.3, -0.25) is 9.59 Å². The second-order valence-corrected chi connectivity index (χ2v) is 9.56. The van der Waals surface area contributed by atoms with E-state index < -0.39 is 10.2 Å². The second kappa shape index (κ2) is 10.9. The predicted molar refractivity (Wildman–Crippen MR) is 116 cm³/mol. The number of carbonyl (C=O) groups is 2. The molecule has 0 radical (unpaired) electrons. The molecule has 0 saturated carbocycles. The van der Waals surface area contributed by atoms with Gasteiger partial charge in [-0.25, -0.2) is 0 Å². The van der Waals surface area contributed by atoms with Gasteiger partial charge in [-0.2, -0.15) is 17.0 Å². The zero-order valence-electron chi connectivity index (χ0n) is 17.6. The van der Waals surface area contributed by atoms with E-state index in [4.69, 9.17) is 4.74 Å². The summed E-state index contributed by atoms with van der Waals surface area (Å²) in [5.74, 6) is -0.380. The zero-order chi connectivity index (χ0) is 22.3. The summed E-state index contributed by atoms with van der Waals surface area (Å²) in [7, 11) is -3.47. The predicted octanol–water partition coefficient (Wildman–Crippen LogP) is 0.189. The van der Waals surface area contributed by atoms with E-state index >= 15 is 0 Å². The molecule has 1 aromatic rings. The van der Waals surface area contributed by atoms with Crippen molar-refractivity contribution in [3.05, 3.63) is 48.0 Å². The highest BCUT2D eigenvalue weighted by molar-refractivity contribution is 7.86. The number of morpholine rings is 1. The minimum atomic E-state index is -3.47. The third-order valence-electron chi connectivity index (χ3n) is 5.55. The highest BCUT2D eigenvalue weighted by atomic mass is 32.2. The first kappa shape index (κ1) is 23.4. The molecule has 1 aromatic carbocycles. The number of piperidine rings is 1. The van der Waals surface area contributed by atoms with Gasteiger partial charge < -0.3 is 15.4 Å². The molecular formula is C21H30N4O5S. The Bertz CT molecular complexity index is 891. The van der Waals surface area contributed by atoms with Crippen molar-refractivity contribution in [1.82, 2.24) is 19.2 Å². The molecule has 2 saturated heterocycles. The summed E-state index contributed by atoms with van der Waals surface area (Å²) in [4.78, 5) is 24.0. The van der Waals surface area contributed by atoms with Crippen molar-refractivity contribution in [3.8, 4) is 0 Å². The van der Waals surface area contributed by atoms with Crippen molar-refractivity contribution >= 4 is 22.0 Å². The molecule has 0 unspecified atom stereocenters. The van der Waals surface area contributed by atoms with Crippen LogP contribution in [0.2, 0.25) is 0 Å². The van der Waals surface area contributed by atoms with Gasteiger partial charge in [0, 0.05) is 38.8 Å². The molecule has 0 atom stereocenters. The Morgan fingerprint density at radius 2 is 1.68 bits per heavy atom. The third-order valence-corrected chi connectivity index (χ3v) is 7.58. The van der Waals surface area contributed by atoms with Gasteiger partial charge in [0.15, 0.2) is 0 Å². The van der Waals surface area contributed by atoms with Crippen LogP contribution in [0.1, 0.15) is 24.0 Å². The number of benzene rings is 1. The minimum absolute atomic E-state index is 0.0590. The van der Waals surface area contributed by atoms with Gasteiger partial charge in [-0.1, -0.05) is 30.8 Å². The van der Waals surface area contributed by atoms with E-state index in [1.54, 1.807) is 0 Å². The lowest BCUT2D eigenvalue weighted by Crippen LogP contribution is -2.53. The average Bonchev–Trinajstić information content (AvgIpc) is 2.79. The number of ether oxygens (including phenoxy) is 1. The lowest BCUT2D eigenvalue weighted by atomic mass is 10.0. The van der Waals surface area contributed by atoms with E-state index in [2.05, 4.69) is 17.2 Å². The fourth-order valence-corrected chi connectivity index (χ4v) is 5.39. The van der Waals surface area contributed by atoms with E-state index in [9.17, 15) is 18.0 Å². The topological polar surface area (TPSA) is 108 Å². The number of carbonyl (C=O) groups excluding carboxylic acids is 2. The van der Waals surface area contributed by atoms with Crippen LogP contribution in [-0.2, 0) is 37.5 Å². The lowest BCUT2D eigenvalue weighted by molar-refractivity contribution is -0.121. The first-order chi connectivity index (χ1) is 14.9. The van der Waals surface area contributed by atoms with Crippen LogP contribution in [0.3, 0.4) is 0 Å². The average molecular weight is 451 g/mol. The quantitative estimate of drug-likeness (QED) is 0.550. The van der Waals surface area contributed by atoms with Crippen molar-refractivity contribution in [2.45, 2.75) is 31.8 Å². The van der Waals surface area contributed by atoms with Gasteiger partial charge in [0.25, 0.3) is 10.2 Å². The maximum absolute atomic E-state index is 12.8. The molecule has 2 aliphatic heterocycles. The molecule has 31 heavy (non-hydrogen) atoms. The van der Waals surface area contributed by atoms with E-state index in [0.29, 0.717) is 58.8 Å². The molecule has 2 N–H and O–H groups in total. The van der Waals surface area contributed by atoms with Crippen LogP contribution < -0.4 is 10.6 Å². The van der Waals surface area contributed by atoms with Crippen molar-refractivity contribution < 1.29 is 22.7 Å². The van der Waals surface area contributed by atoms with Crippen LogP contribution in [-0.4, -0.2) is 74.3 Å². The number of amides is 2. The molecule has 170 valence electrons. The summed E-state index contributed by atoms with van der Waals surface area (Å²) in [5, 5.41) is 5.75. The molecule has 2 heterocycles. The van der Waals surface area contributed by atoms with Crippen LogP contribution in [0.5, 0.6) is 0 Å². The Hall–Kier alpha value is -2.27. The largest absolute Gasteiger partial charge is 0.379 e. The van der Waals surface area contributed by atoms with Gasteiger partial charge in [-0.15, -0.1) is 0 Å². The summed E-state index contributed by atoms with van der Waals surface area (Å²) in [6, 6.07) is 7.40. The van der Waals surface area contributed by atoms with Crippen LogP contribution in [0.15, 0.2) is 36.9 Å². The highest BCUT2D eigenvalue weighted by Crippen LogP contribution is 2.18. The van der Waals surface area contributed by atoms with E-state index in [1.165, 1.54) is 14.7 Å². The van der Waals surface area contributed by atoms with Crippen LogP contribution >= 0.6 is 0 Å². The van der Waals surface area contributed by atoms with Gasteiger partial charge in [0.1, 0.15) is 0 Å². The molecule has 3 rings (SSSR count). The van der Waals surface area contributed by atoms with E-state index in [-0.39, 0.29) is 24.3 Å². The molecule has 2 amide bonds. The fourth-order valence-electron chi connectivity index (χ4n) is 3.78. The first-order valence-electron chi connectivity index (χ1n) is 10.5. The Labute approximate surface area is 183 Å². The van der Waals surface area contributed by atoms with Crippen molar-refractivity contribution in [2.24, 2.45) is 0 Å². The van der Waals surface area contributed by atoms with Crippen molar-refractivity contribution in [2.75, 3.05) is 39.4 Å². The Kier molecular flexibility index (Phi) is 8.19. The molecule has 0 aromatic heterocycles. The molecule has 2 aliphatic rings. The van der Waals surface area contributed by atoms with Gasteiger partial charge in [0.05, 0.1) is 19.6 Å². The summed E-state index contributed by atoms with van der Waals surface area (Å²) < 4.78 is 33.7. The molecule has 0 spiro atoms. The van der Waals surface area contributed by atoms with Crippen molar-refractivity contribution in [1.29, 1.82) is 0 Å². The first-order valence-corrected chi connectivity index (χ1v) is 11.9. The number of rotatable bonds is 8. The molecular weight excluding hydrogens is 420 g/mol. The summed E-state index contributed by atoms with van der Waals surface area (Å²) in [5.41, 5.74) is 1.72. The third kappa shape index (κ3) is 6.36. The SMILES string of the molecule is C=CC(=O)NCc1ccccc1CC(=O)NC1CCN(S(=O)(=O)N2CCOCC2)CC1. The van der Waals surface area contributed by atoms with Crippen LogP contribution in [0.4, 0.5) is 0 Å². The van der Waals surface area contributed by atoms with Gasteiger partial charge in [-0.05, 0) is 30.0 Å². The van der Waals surface area contributed by atoms with Crippen LogP contribution in [0.25, 0.3) is 0 Å². The molecule has 0 aliphatic carbocycles. The number of hydrogen-bond donors (Lipinski definition) is 2. The summed E-state index contributed by atoms with van der Waals surface area (Å²) in [6.07, 6.45) is 2.56. The Morgan fingerprint density at radius 1 is 1.06 bits per heavy atom. The normalized spacial score (nSPS) is 19.0. The van der Waals surface area contributed by atoms with Gasteiger partial charge >= 0.3 is 0 Å². The summed E-state index contributed by atoms with van der Waals surface area (Å²) >= 11 is 0. The molecule has 10 heteroatoms. The van der Waals surface area contributed by atoms with Gasteiger partial charge in [0.2, 0.25) is 11.8 Å². The maximum Gasteiger partial charge on any atom is 0.282 e. The Balaban J connectivity index is 1.49. The van der Waals surface area contributed by atoms with E-state index in [0.717, 1.165) is 11.1 Å². The smallest absolute Gasteiger partial charge is 0.282 e. The Morgan fingerprint density at radius 3 is 2.32 bits per heavy atom. The molecule has 9 nitrogen and oxygen atoms in total. The molecule has 0 bridgehead atoms.